The van der Waals surface area contributed by atoms with Gasteiger partial charge in [-0.25, -0.2) is 0 Å². The normalized spacial score (nSPS) is 10.4. The quantitative estimate of drug-likeness (QED) is 0.832. The van der Waals surface area contributed by atoms with Crippen molar-refractivity contribution < 1.29 is 5.11 Å². The van der Waals surface area contributed by atoms with Crippen molar-refractivity contribution in [2.45, 2.75) is 20.5 Å². The molecule has 0 bridgehead atoms. The summed E-state index contributed by atoms with van der Waals surface area (Å²) in [6, 6.07) is 8.01. The molecule has 0 saturated heterocycles. The Morgan fingerprint density at radius 3 is 2.50 bits per heavy atom. The van der Waals surface area contributed by atoms with E-state index in [1.807, 2.05) is 30.5 Å². The van der Waals surface area contributed by atoms with E-state index >= 15 is 0 Å². The molecule has 0 saturated carbocycles. The lowest BCUT2D eigenvalue weighted by Crippen LogP contribution is -1.91. The maximum atomic E-state index is 9.15. The van der Waals surface area contributed by atoms with Crippen LogP contribution in [0.4, 0.5) is 0 Å². The van der Waals surface area contributed by atoms with Gasteiger partial charge in [0.1, 0.15) is 0 Å². The second kappa shape index (κ2) is 4.45. The maximum absolute atomic E-state index is 9.15. The van der Waals surface area contributed by atoms with E-state index in [0.29, 0.717) is 0 Å². The third kappa shape index (κ3) is 1.97. The molecule has 16 heavy (non-hydrogen) atoms. The van der Waals surface area contributed by atoms with E-state index in [-0.39, 0.29) is 6.61 Å². The Kier molecular flexibility index (Phi) is 3.02. The minimum atomic E-state index is 0.0760. The summed E-state index contributed by atoms with van der Waals surface area (Å²) in [6.45, 7) is 4.22. The number of rotatable bonds is 2. The number of aromatic nitrogens is 1. The molecular formula is C14H15NO. The number of nitrogens with zero attached hydrogens (tertiary/aromatic N) is 1. The largest absolute Gasteiger partial charge is 0.392 e. The van der Waals surface area contributed by atoms with Gasteiger partial charge in [-0.15, -0.1) is 0 Å². The van der Waals surface area contributed by atoms with E-state index in [2.05, 4.69) is 18.8 Å². The van der Waals surface area contributed by atoms with Gasteiger partial charge in [-0.2, -0.15) is 0 Å². The zero-order valence-corrected chi connectivity index (χ0v) is 9.57. The first-order chi connectivity index (χ1) is 7.72. The molecule has 1 heterocycles. The summed E-state index contributed by atoms with van der Waals surface area (Å²) in [7, 11) is 0. The smallest absolute Gasteiger partial charge is 0.0682 e. The van der Waals surface area contributed by atoms with Crippen molar-refractivity contribution in [1.29, 1.82) is 0 Å². The van der Waals surface area contributed by atoms with Crippen LogP contribution < -0.4 is 0 Å². The van der Waals surface area contributed by atoms with Gasteiger partial charge in [0, 0.05) is 18.0 Å². The van der Waals surface area contributed by atoms with Crippen molar-refractivity contribution in [2.75, 3.05) is 0 Å². The Hall–Kier alpha value is -1.67. The van der Waals surface area contributed by atoms with Gasteiger partial charge in [-0.3, -0.25) is 4.98 Å². The van der Waals surface area contributed by atoms with Crippen LogP contribution in [0.2, 0.25) is 0 Å². The molecule has 0 atom stereocenters. The van der Waals surface area contributed by atoms with Crippen molar-refractivity contribution >= 4 is 0 Å². The summed E-state index contributed by atoms with van der Waals surface area (Å²) in [6.07, 6.45) is 3.67. The van der Waals surface area contributed by atoms with E-state index < -0.39 is 0 Å². The predicted molar refractivity (Wildman–Crippen MR) is 65.1 cm³/mol. The first-order valence-corrected chi connectivity index (χ1v) is 5.33. The highest BCUT2D eigenvalue weighted by atomic mass is 16.3. The summed E-state index contributed by atoms with van der Waals surface area (Å²) in [4.78, 5) is 4.16. The average molecular weight is 213 g/mol. The topological polar surface area (TPSA) is 33.1 Å². The second-order valence-corrected chi connectivity index (χ2v) is 4.00. The number of pyridine rings is 1. The zero-order chi connectivity index (χ0) is 11.5. The molecule has 0 aliphatic heterocycles. The lowest BCUT2D eigenvalue weighted by atomic mass is 9.97. The monoisotopic (exact) mass is 213 g/mol. The van der Waals surface area contributed by atoms with Crippen LogP contribution in [-0.4, -0.2) is 10.1 Å². The molecule has 1 N–H and O–H groups in total. The molecular weight excluding hydrogens is 198 g/mol. The lowest BCUT2D eigenvalue weighted by molar-refractivity contribution is 0.282. The number of benzene rings is 1. The van der Waals surface area contributed by atoms with Crippen LogP contribution >= 0.6 is 0 Å². The van der Waals surface area contributed by atoms with Crippen LogP contribution in [0, 0.1) is 13.8 Å². The Labute approximate surface area is 95.6 Å². The molecule has 2 nitrogen and oxygen atoms in total. The maximum Gasteiger partial charge on any atom is 0.0682 e. The molecule has 1 aromatic carbocycles. The predicted octanol–water partition coefficient (Wildman–Crippen LogP) is 2.86. The summed E-state index contributed by atoms with van der Waals surface area (Å²) in [5.74, 6) is 0. The van der Waals surface area contributed by atoms with Gasteiger partial charge in [0.15, 0.2) is 0 Å². The zero-order valence-electron chi connectivity index (χ0n) is 9.57. The number of hydrogen-bond donors (Lipinski definition) is 1. The molecule has 0 aliphatic carbocycles. The average Bonchev–Trinajstić information content (AvgIpc) is 2.31. The number of aryl methyl sites for hydroxylation is 2. The third-order valence-corrected chi connectivity index (χ3v) is 2.81. The van der Waals surface area contributed by atoms with Crippen LogP contribution in [0.5, 0.6) is 0 Å². The van der Waals surface area contributed by atoms with Crippen molar-refractivity contribution in [2.24, 2.45) is 0 Å². The summed E-state index contributed by atoms with van der Waals surface area (Å²) in [5.41, 5.74) is 5.62. The summed E-state index contributed by atoms with van der Waals surface area (Å²) < 4.78 is 0. The lowest BCUT2D eigenvalue weighted by Gasteiger charge is -2.10. The van der Waals surface area contributed by atoms with Gasteiger partial charge in [0.05, 0.1) is 6.61 Å². The minimum Gasteiger partial charge on any atom is -0.392 e. The first kappa shape index (κ1) is 10.8. The van der Waals surface area contributed by atoms with E-state index in [4.69, 9.17) is 5.11 Å². The van der Waals surface area contributed by atoms with Gasteiger partial charge in [-0.05, 0) is 48.2 Å². The van der Waals surface area contributed by atoms with Gasteiger partial charge >= 0.3 is 0 Å². The molecule has 1 aromatic heterocycles. The fraction of sp³-hybridized carbons (Fsp3) is 0.214. The second-order valence-electron chi connectivity index (χ2n) is 4.00. The number of hydrogen-bond acceptors (Lipinski definition) is 2. The van der Waals surface area contributed by atoms with Crippen molar-refractivity contribution in [1.82, 2.24) is 4.98 Å². The van der Waals surface area contributed by atoms with E-state index in [9.17, 15) is 0 Å². The molecule has 2 heteroatoms. The van der Waals surface area contributed by atoms with Gasteiger partial charge in [-0.1, -0.05) is 12.1 Å². The Balaban J connectivity index is 2.59. The molecule has 0 radical (unpaired) electrons. The van der Waals surface area contributed by atoms with Crippen LogP contribution in [0.25, 0.3) is 11.1 Å². The standard InChI is InChI=1S/C14H15NO/c1-10-3-4-12(9-16)7-13(10)14-8-15-6-5-11(14)2/h3-8,16H,9H2,1-2H3. The third-order valence-electron chi connectivity index (χ3n) is 2.81. The van der Waals surface area contributed by atoms with Crippen molar-refractivity contribution in [3.8, 4) is 11.1 Å². The Morgan fingerprint density at radius 1 is 1.06 bits per heavy atom. The van der Waals surface area contributed by atoms with Crippen LogP contribution in [0.15, 0.2) is 36.7 Å². The first-order valence-electron chi connectivity index (χ1n) is 5.33. The Bertz CT molecular complexity index is 506. The SMILES string of the molecule is Cc1ccncc1-c1cc(CO)ccc1C. The van der Waals surface area contributed by atoms with Gasteiger partial charge in [0.2, 0.25) is 0 Å². The van der Waals surface area contributed by atoms with Gasteiger partial charge < -0.3 is 5.11 Å². The molecule has 0 unspecified atom stereocenters. The molecule has 0 amide bonds. The number of aliphatic hydroxyl groups is 1. The molecule has 0 aliphatic rings. The van der Waals surface area contributed by atoms with Crippen molar-refractivity contribution in [3.05, 3.63) is 53.3 Å². The molecule has 2 rings (SSSR count). The van der Waals surface area contributed by atoms with E-state index in [0.717, 1.165) is 16.7 Å². The highest BCUT2D eigenvalue weighted by molar-refractivity contribution is 5.70. The molecule has 2 aromatic rings. The molecule has 0 fully saturated rings. The van der Waals surface area contributed by atoms with Gasteiger partial charge in [0.25, 0.3) is 0 Å². The fourth-order valence-corrected chi connectivity index (χ4v) is 1.80. The van der Waals surface area contributed by atoms with Crippen LogP contribution in [0.3, 0.4) is 0 Å². The molecule has 0 spiro atoms. The number of aliphatic hydroxyl groups excluding tert-OH is 1. The van der Waals surface area contributed by atoms with E-state index in [1.54, 1.807) is 6.20 Å². The van der Waals surface area contributed by atoms with Crippen molar-refractivity contribution in [3.63, 3.8) is 0 Å². The minimum absolute atomic E-state index is 0.0760. The van der Waals surface area contributed by atoms with Crippen LogP contribution in [-0.2, 0) is 6.61 Å². The van der Waals surface area contributed by atoms with E-state index in [1.165, 1.54) is 11.1 Å². The summed E-state index contributed by atoms with van der Waals surface area (Å²) in [5, 5.41) is 9.15. The highest BCUT2D eigenvalue weighted by Crippen LogP contribution is 2.26. The van der Waals surface area contributed by atoms with Crippen LogP contribution in [0.1, 0.15) is 16.7 Å². The fourth-order valence-electron chi connectivity index (χ4n) is 1.80. The molecule has 82 valence electrons. The Morgan fingerprint density at radius 2 is 1.81 bits per heavy atom. The highest BCUT2D eigenvalue weighted by Gasteiger charge is 2.05. The summed E-state index contributed by atoms with van der Waals surface area (Å²) >= 11 is 0.